The summed E-state index contributed by atoms with van der Waals surface area (Å²) < 4.78 is 0. The highest BCUT2D eigenvalue weighted by molar-refractivity contribution is 4.92. The third-order valence-electron chi connectivity index (χ3n) is 5.69. The van der Waals surface area contributed by atoms with E-state index < -0.39 is 0 Å². The van der Waals surface area contributed by atoms with Crippen LogP contribution in [0, 0.1) is 11.8 Å². The Kier molecular flexibility index (Phi) is 4.81. The lowest BCUT2D eigenvalue weighted by Crippen LogP contribution is -2.45. The summed E-state index contributed by atoms with van der Waals surface area (Å²) in [7, 11) is 0. The fourth-order valence-corrected chi connectivity index (χ4v) is 4.32. The first kappa shape index (κ1) is 13.9. The minimum Gasteiger partial charge on any atom is -0.316 e. The summed E-state index contributed by atoms with van der Waals surface area (Å²) in [6, 6.07) is 1.88. The zero-order valence-electron chi connectivity index (χ0n) is 12.7. The second kappa shape index (κ2) is 6.58. The second-order valence-electron chi connectivity index (χ2n) is 7.24. The van der Waals surface area contributed by atoms with E-state index in [9.17, 15) is 0 Å². The second-order valence-corrected chi connectivity index (χ2v) is 7.24. The first-order valence-electron chi connectivity index (χ1n) is 8.83. The van der Waals surface area contributed by atoms with Crippen molar-refractivity contribution < 1.29 is 0 Å². The highest BCUT2D eigenvalue weighted by Crippen LogP contribution is 2.37. The normalized spacial score (nSPS) is 36.6. The summed E-state index contributed by atoms with van der Waals surface area (Å²) in [4.78, 5) is 2.94. The van der Waals surface area contributed by atoms with Crippen LogP contribution in [0.25, 0.3) is 0 Å². The van der Waals surface area contributed by atoms with Crippen LogP contribution in [-0.4, -0.2) is 36.6 Å². The van der Waals surface area contributed by atoms with E-state index >= 15 is 0 Å². The smallest absolute Gasteiger partial charge is 0.0101 e. The fourth-order valence-electron chi connectivity index (χ4n) is 4.32. The van der Waals surface area contributed by atoms with Gasteiger partial charge in [0.1, 0.15) is 0 Å². The molecular weight excluding hydrogens is 232 g/mol. The zero-order valence-corrected chi connectivity index (χ0v) is 12.7. The molecule has 2 saturated carbocycles. The summed E-state index contributed by atoms with van der Waals surface area (Å²) in [6.45, 7) is 6.30. The van der Waals surface area contributed by atoms with Crippen molar-refractivity contribution in [2.75, 3.05) is 19.6 Å². The van der Waals surface area contributed by atoms with Gasteiger partial charge >= 0.3 is 0 Å². The minimum absolute atomic E-state index is 0.924. The average Bonchev–Trinajstić information content (AvgIpc) is 3.30. The van der Waals surface area contributed by atoms with Crippen LogP contribution >= 0.6 is 0 Å². The molecule has 3 unspecified atom stereocenters. The van der Waals surface area contributed by atoms with Crippen LogP contribution in [0.4, 0.5) is 0 Å². The molecule has 2 heteroatoms. The molecule has 1 N–H and O–H groups in total. The van der Waals surface area contributed by atoms with Crippen molar-refractivity contribution in [3.63, 3.8) is 0 Å². The zero-order chi connectivity index (χ0) is 13.1. The van der Waals surface area contributed by atoms with E-state index in [0.29, 0.717) is 0 Å². The number of hydrogen-bond acceptors (Lipinski definition) is 2. The first-order valence-corrected chi connectivity index (χ1v) is 8.83. The molecular formula is C17H32N2. The van der Waals surface area contributed by atoms with E-state index in [2.05, 4.69) is 17.1 Å². The van der Waals surface area contributed by atoms with Gasteiger partial charge in [-0.1, -0.05) is 26.2 Å². The van der Waals surface area contributed by atoms with E-state index in [1.54, 1.807) is 0 Å². The van der Waals surface area contributed by atoms with Gasteiger partial charge in [0.05, 0.1) is 0 Å². The molecule has 2 aliphatic carbocycles. The van der Waals surface area contributed by atoms with E-state index in [1.807, 2.05) is 0 Å². The Hall–Kier alpha value is -0.0800. The maximum absolute atomic E-state index is 3.60. The van der Waals surface area contributed by atoms with E-state index in [1.165, 1.54) is 77.4 Å². The molecule has 0 amide bonds. The van der Waals surface area contributed by atoms with Gasteiger partial charge in [-0.25, -0.2) is 0 Å². The molecule has 0 spiro atoms. The van der Waals surface area contributed by atoms with Gasteiger partial charge in [-0.3, -0.25) is 4.90 Å². The Morgan fingerprint density at radius 3 is 2.47 bits per heavy atom. The van der Waals surface area contributed by atoms with Gasteiger partial charge < -0.3 is 5.32 Å². The molecule has 0 aromatic carbocycles. The molecule has 0 radical (unpaired) electrons. The number of nitrogens with zero attached hydrogens (tertiary/aromatic N) is 1. The molecule has 3 fully saturated rings. The number of hydrogen-bond donors (Lipinski definition) is 1. The summed E-state index contributed by atoms with van der Waals surface area (Å²) >= 11 is 0. The standard InChI is InChI=1S/C17H32N2/c1-2-14-5-3-7-17(11-14)19(16-8-9-16)13-15-6-4-10-18-12-15/h14-18H,2-13H2,1H3. The predicted molar refractivity (Wildman–Crippen MR) is 81.4 cm³/mol. The van der Waals surface area contributed by atoms with Crippen molar-refractivity contribution in [1.29, 1.82) is 0 Å². The van der Waals surface area contributed by atoms with Gasteiger partial charge in [0, 0.05) is 18.6 Å². The van der Waals surface area contributed by atoms with E-state index in [-0.39, 0.29) is 0 Å². The molecule has 0 bridgehead atoms. The minimum atomic E-state index is 0.924. The summed E-state index contributed by atoms with van der Waals surface area (Å²) in [5, 5.41) is 3.60. The highest BCUT2D eigenvalue weighted by atomic mass is 15.2. The Bertz CT molecular complexity index is 268. The van der Waals surface area contributed by atoms with Crippen LogP contribution in [0.3, 0.4) is 0 Å². The number of piperidine rings is 1. The van der Waals surface area contributed by atoms with Gasteiger partial charge in [-0.15, -0.1) is 0 Å². The van der Waals surface area contributed by atoms with Crippen LogP contribution in [0.2, 0.25) is 0 Å². The number of rotatable bonds is 5. The molecule has 2 nitrogen and oxygen atoms in total. The van der Waals surface area contributed by atoms with Gasteiger partial charge in [0.2, 0.25) is 0 Å². The van der Waals surface area contributed by atoms with Crippen molar-refractivity contribution in [3.05, 3.63) is 0 Å². The lowest BCUT2D eigenvalue weighted by molar-refractivity contribution is 0.0962. The summed E-state index contributed by atoms with van der Waals surface area (Å²) in [5.74, 6) is 1.95. The summed E-state index contributed by atoms with van der Waals surface area (Å²) in [5.41, 5.74) is 0. The SMILES string of the molecule is CCC1CCCC(N(CC2CCCNC2)C2CC2)C1. The summed E-state index contributed by atoms with van der Waals surface area (Å²) in [6.07, 6.45) is 13.2. The van der Waals surface area contributed by atoms with Gasteiger partial charge in [-0.2, -0.15) is 0 Å². The molecule has 1 heterocycles. The van der Waals surface area contributed by atoms with Crippen molar-refractivity contribution in [3.8, 4) is 0 Å². The van der Waals surface area contributed by atoms with Crippen molar-refractivity contribution in [1.82, 2.24) is 10.2 Å². The Morgan fingerprint density at radius 2 is 1.79 bits per heavy atom. The molecule has 3 rings (SSSR count). The van der Waals surface area contributed by atoms with Crippen LogP contribution in [0.15, 0.2) is 0 Å². The molecule has 0 aromatic rings. The topological polar surface area (TPSA) is 15.3 Å². The van der Waals surface area contributed by atoms with Crippen LogP contribution in [0.5, 0.6) is 0 Å². The van der Waals surface area contributed by atoms with Gasteiger partial charge in [0.15, 0.2) is 0 Å². The quantitative estimate of drug-likeness (QED) is 0.818. The fraction of sp³-hybridized carbons (Fsp3) is 1.00. The molecule has 110 valence electrons. The van der Waals surface area contributed by atoms with Crippen molar-refractivity contribution in [2.45, 2.75) is 76.8 Å². The Morgan fingerprint density at radius 1 is 0.947 bits per heavy atom. The highest BCUT2D eigenvalue weighted by Gasteiger charge is 2.37. The molecule has 1 aliphatic heterocycles. The van der Waals surface area contributed by atoms with Crippen molar-refractivity contribution in [2.24, 2.45) is 11.8 Å². The van der Waals surface area contributed by atoms with E-state index in [0.717, 1.165) is 23.9 Å². The molecule has 3 aliphatic rings. The molecule has 3 atom stereocenters. The predicted octanol–water partition coefficient (Wildman–Crippen LogP) is 3.42. The monoisotopic (exact) mass is 264 g/mol. The molecule has 1 saturated heterocycles. The Balaban J connectivity index is 1.56. The third kappa shape index (κ3) is 3.72. The third-order valence-corrected chi connectivity index (χ3v) is 5.69. The van der Waals surface area contributed by atoms with E-state index in [4.69, 9.17) is 0 Å². The lowest BCUT2D eigenvalue weighted by Gasteiger charge is -2.40. The maximum Gasteiger partial charge on any atom is 0.0101 e. The average molecular weight is 264 g/mol. The Labute approximate surface area is 119 Å². The van der Waals surface area contributed by atoms with Gasteiger partial charge in [-0.05, 0) is 63.5 Å². The largest absolute Gasteiger partial charge is 0.316 e. The van der Waals surface area contributed by atoms with Crippen LogP contribution in [0.1, 0.15) is 64.7 Å². The maximum atomic E-state index is 3.60. The lowest BCUT2D eigenvalue weighted by atomic mass is 9.83. The number of nitrogens with one attached hydrogen (secondary N) is 1. The van der Waals surface area contributed by atoms with Crippen LogP contribution < -0.4 is 5.32 Å². The molecule has 19 heavy (non-hydrogen) atoms. The van der Waals surface area contributed by atoms with Crippen LogP contribution in [-0.2, 0) is 0 Å². The van der Waals surface area contributed by atoms with Crippen molar-refractivity contribution >= 4 is 0 Å². The van der Waals surface area contributed by atoms with Gasteiger partial charge in [0.25, 0.3) is 0 Å². The molecule has 0 aromatic heterocycles. The first-order chi connectivity index (χ1) is 9.36.